The number of halogens is 1. The predicted molar refractivity (Wildman–Crippen MR) is 177 cm³/mol. The fourth-order valence-electron chi connectivity index (χ4n) is 5.10. The van der Waals surface area contributed by atoms with E-state index < -0.39 is 29.0 Å². The maximum atomic E-state index is 14.2. The first kappa shape index (κ1) is 31.3. The number of tetrazole rings is 1. The van der Waals surface area contributed by atoms with E-state index in [0.29, 0.717) is 22.9 Å². The lowest BCUT2D eigenvalue weighted by atomic mass is 9.95. The number of benzene rings is 3. The number of nitrogens with zero attached hydrogens (tertiary/aromatic N) is 5. The summed E-state index contributed by atoms with van der Waals surface area (Å²) in [5.74, 6) is -0.651. The van der Waals surface area contributed by atoms with Gasteiger partial charge in [0.15, 0.2) is 6.10 Å². The van der Waals surface area contributed by atoms with E-state index in [1.54, 1.807) is 6.08 Å². The van der Waals surface area contributed by atoms with Gasteiger partial charge in [0.05, 0.1) is 5.03 Å². The van der Waals surface area contributed by atoms with Crippen molar-refractivity contribution in [3.8, 4) is 0 Å². The number of hydrogen-bond acceptors (Lipinski definition) is 10. The van der Waals surface area contributed by atoms with E-state index in [1.807, 2.05) is 91.0 Å². The van der Waals surface area contributed by atoms with Crippen LogP contribution in [0.5, 0.6) is 0 Å². The van der Waals surface area contributed by atoms with Gasteiger partial charge in [-0.15, -0.1) is 22.0 Å². The van der Waals surface area contributed by atoms with Crippen LogP contribution in [0.4, 0.5) is 0 Å². The second-order valence-corrected chi connectivity index (χ2v) is 12.6. The first-order valence-electron chi connectivity index (χ1n) is 14.0. The average Bonchev–Trinajstić information content (AvgIpc) is 3.62. The normalized spacial score (nSPS) is 19.6. The number of thioether (sulfide) groups is 2. The van der Waals surface area contributed by atoms with Crippen molar-refractivity contribution in [3.05, 3.63) is 124 Å². The smallest absolute Gasteiger partial charge is 0.356 e. The number of rotatable bonds is 12. The van der Waals surface area contributed by atoms with Crippen LogP contribution >= 0.6 is 35.1 Å². The molecule has 0 radical (unpaired) electrons. The van der Waals surface area contributed by atoms with E-state index in [0.717, 1.165) is 16.7 Å². The van der Waals surface area contributed by atoms with Crippen LogP contribution in [0.2, 0.25) is 0 Å². The summed E-state index contributed by atoms with van der Waals surface area (Å²) in [6.07, 6.45) is 2.71. The number of fused-ring (bicyclic) bond motifs is 1. The summed E-state index contributed by atoms with van der Waals surface area (Å²) in [4.78, 5) is 45.9. The van der Waals surface area contributed by atoms with Gasteiger partial charge in [-0.25, -0.2) is 4.79 Å². The molecule has 2 amide bonds. The number of esters is 1. The van der Waals surface area contributed by atoms with Crippen LogP contribution in [0, 0.1) is 0 Å². The van der Waals surface area contributed by atoms with E-state index in [1.165, 1.54) is 34.6 Å². The van der Waals surface area contributed by atoms with Gasteiger partial charge in [0.2, 0.25) is 17.2 Å². The van der Waals surface area contributed by atoms with Crippen molar-refractivity contribution in [2.45, 2.75) is 22.3 Å². The van der Waals surface area contributed by atoms with Gasteiger partial charge < -0.3 is 10.1 Å². The second kappa shape index (κ2) is 14.1. The standard InChI is InChI=1S/C32H26ClN7O4S2/c33-25(16-21-10-4-1-5-11-21)17-34-32(35-20-41)29(43)40-26(24(18-45-30(32)40)19-46-31-36-38-39-37-31)28(42)44-27(22-12-6-2-7-13-22)23-14-8-3-9-15-23/h1-17,20,27,30H,18-19H2,(H,35,41)(H,36,37,38,39)/t30-,32-/m0/s1. The van der Waals surface area contributed by atoms with Crippen molar-refractivity contribution in [1.82, 2.24) is 30.8 Å². The van der Waals surface area contributed by atoms with Crippen LogP contribution < -0.4 is 5.32 Å². The highest BCUT2D eigenvalue weighted by molar-refractivity contribution is 8.01. The van der Waals surface area contributed by atoms with Crippen LogP contribution in [0.3, 0.4) is 0 Å². The molecule has 46 heavy (non-hydrogen) atoms. The van der Waals surface area contributed by atoms with E-state index in [4.69, 9.17) is 16.3 Å². The number of β-lactam (4-membered cyclic amide) rings is 1. The highest BCUT2D eigenvalue weighted by Gasteiger charge is 2.65. The Bertz CT molecular complexity index is 1750. The van der Waals surface area contributed by atoms with Crippen LogP contribution in [0.15, 0.2) is 117 Å². The molecule has 0 saturated carbocycles. The van der Waals surface area contributed by atoms with Gasteiger partial charge in [-0.05, 0) is 33.6 Å². The Hall–Kier alpha value is -4.72. The zero-order valence-corrected chi connectivity index (χ0v) is 26.4. The number of allylic oxidation sites excluding steroid dienone is 1. The second-order valence-electron chi connectivity index (χ2n) is 10.1. The van der Waals surface area contributed by atoms with Crippen molar-refractivity contribution in [3.63, 3.8) is 0 Å². The van der Waals surface area contributed by atoms with Crippen molar-refractivity contribution >= 4 is 65.7 Å². The average molecular weight is 672 g/mol. The number of aliphatic imine (C=N–C) groups is 1. The van der Waals surface area contributed by atoms with Gasteiger partial charge in [0.25, 0.3) is 5.91 Å². The summed E-state index contributed by atoms with van der Waals surface area (Å²) in [5, 5.41) is 16.5. The Labute approximate surface area is 277 Å². The van der Waals surface area contributed by atoms with Crippen molar-refractivity contribution in [1.29, 1.82) is 0 Å². The van der Waals surface area contributed by atoms with Crippen molar-refractivity contribution in [2.75, 3.05) is 11.5 Å². The molecule has 4 aromatic rings. The molecule has 0 unspecified atom stereocenters. The Balaban J connectivity index is 1.34. The van der Waals surface area contributed by atoms with E-state index >= 15 is 0 Å². The summed E-state index contributed by atoms with van der Waals surface area (Å²) in [6, 6.07) is 28.1. The molecule has 0 bridgehead atoms. The fraction of sp³-hybridized carbons (Fsp3) is 0.156. The van der Waals surface area contributed by atoms with Crippen LogP contribution in [0.1, 0.15) is 22.8 Å². The maximum absolute atomic E-state index is 14.2. The van der Waals surface area contributed by atoms with Crippen LogP contribution in [-0.2, 0) is 19.1 Å². The topological polar surface area (TPSA) is 143 Å². The Morgan fingerprint density at radius 1 is 1.11 bits per heavy atom. The number of hydrogen-bond donors (Lipinski definition) is 2. The number of H-pyrrole nitrogens is 1. The minimum Gasteiger partial charge on any atom is -0.448 e. The molecular formula is C32H26ClN7O4S2. The molecule has 1 aromatic heterocycles. The number of aromatic amines is 1. The lowest BCUT2D eigenvalue weighted by Crippen LogP contribution is -2.78. The monoisotopic (exact) mass is 671 g/mol. The highest BCUT2D eigenvalue weighted by atomic mass is 35.5. The van der Waals surface area contributed by atoms with Gasteiger partial charge in [0.1, 0.15) is 11.1 Å². The zero-order chi connectivity index (χ0) is 31.9. The third-order valence-corrected chi connectivity index (χ3v) is 9.74. The van der Waals surface area contributed by atoms with Gasteiger partial charge in [-0.2, -0.15) is 5.21 Å². The molecule has 2 aliphatic rings. The Kier molecular flexibility index (Phi) is 9.62. The lowest BCUT2D eigenvalue weighted by Gasteiger charge is -2.54. The number of carbonyl (C=O) groups excluding carboxylic acids is 3. The molecule has 3 heterocycles. The van der Waals surface area contributed by atoms with Crippen LogP contribution in [0.25, 0.3) is 6.08 Å². The first-order chi connectivity index (χ1) is 22.5. The molecule has 0 spiro atoms. The summed E-state index contributed by atoms with van der Waals surface area (Å²) >= 11 is 9.07. The van der Waals surface area contributed by atoms with Gasteiger partial charge in [0, 0.05) is 17.7 Å². The first-order valence-corrected chi connectivity index (χ1v) is 16.4. The molecule has 1 fully saturated rings. The number of carbonyl (C=O) groups is 3. The number of amides is 2. The van der Waals surface area contributed by atoms with E-state index in [-0.39, 0.29) is 16.5 Å². The summed E-state index contributed by atoms with van der Waals surface area (Å²) < 4.78 is 6.21. The molecule has 2 N–H and O–H groups in total. The Morgan fingerprint density at radius 3 is 2.37 bits per heavy atom. The van der Waals surface area contributed by atoms with Crippen molar-refractivity contribution < 1.29 is 19.1 Å². The SMILES string of the molecule is O=CN[C@@]1(N=CC(Cl)=Cc2ccccc2)C(=O)N2C(C(=O)OC(c3ccccc3)c3ccccc3)=C(CSc3nn[nH]n3)CS[C@H]21. The third kappa shape index (κ3) is 6.48. The number of aromatic nitrogens is 4. The quantitative estimate of drug-likeness (QED) is 0.0727. The molecule has 2 atom stereocenters. The van der Waals surface area contributed by atoms with Crippen LogP contribution in [-0.4, -0.2) is 72.6 Å². The summed E-state index contributed by atoms with van der Waals surface area (Å²) in [7, 11) is 0. The van der Waals surface area contributed by atoms with Crippen molar-refractivity contribution in [2.24, 2.45) is 4.99 Å². The maximum Gasteiger partial charge on any atom is 0.356 e. The third-order valence-electron chi connectivity index (χ3n) is 7.23. The minimum absolute atomic E-state index is 0.0889. The largest absolute Gasteiger partial charge is 0.448 e. The molecule has 1 saturated heterocycles. The molecule has 11 nitrogen and oxygen atoms in total. The van der Waals surface area contributed by atoms with Gasteiger partial charge in [-0.3, -0.25) is 19.5 Å². The Morgan fingerprint density at radius 2 is 1.76 bits per heavy atom. The van der Waals surface area contributed by atoms with Gasteiger partial charge >= 0.3 is 5.97 Å². The molecule has 14 heteroatoms. The summed E-state index contributed by atoms with van der Waals surface area (Å²) in [5.41, 5.74) is 1.43. The lowest BCUT2D eigenvalue weighted by molar-refractivity contribution is -0.160. The molecule has 232 valence electrons. The number of ether oxygens (including phenoxy) is 1. The molecular weight excluding hydrogens is 646 g/mol. The molecule has 6 rings (SSSR count). The highest BCUT2D eigenvalue weighted by Crippen LogP contribution is 2.48. The predicted octanol–water partition coefficient (Wildman–Crippen LogP) is 4.59. The fourth-order valence-corrected chi connectivity index (χ4v) is 7.57. The zero-order valence-electron chi connectivity index (χ0n) is 24.0. The van der Waals surface area contributed by atoms with E-state index in [9.17, 15) is 14.4 Å². The molecule has 0 aliphatic carbocycles. The molecule has 2 aliphatic heterocycles. The van der Waals surface area contributed by atoms with E-state index in [2.05, 4.69) is 30.9 Å². The number of nitrogens with one attached hydrogen (secondary N) is 2. The molecule has 3 aromatic carbocycles. The minimum atomic E-state index is -1.67. The van der Waals surface area contributed by atoms with Gasteiger partial charge in [-0.1, -0.05) is 114 Å². The summed E-state index contributed by atoms with van der Waals surface area (Å²) in [6.45, 7) is 0.